The van der Waals surface area contributed by atoms with E-state index in [1.165, 1.54) is 54.9 Å². The average molecular weight is 499 g/mol. The number of furan rings is 1. The van der Waals surface area contributed by atoms with Gasteiger partial charge >= 0.3 is 0 Å². The third kappa shape index (κ3) is 2.84. The predicted octanol–water partition coefficient (Wildman–Crippen LogP) is 9.35. The SMILES string of the molecule is c1ccc(C2N=C(c3ccc4c5c(cccc35)-c3cccc5oc6cccc-4c6c35)Nc3ccccc32)cc1. The van der Waals surface area contributed by atoms with Gasteiger partial charge in [-0.1, -0.05) is 103 Å². The van der Waals surface area contributed by atoms with Crippen LogP contribution in [0.5, 0.6) is 0 Å². The average Bonchev–Trinajstić information content (AvgIpc) is 3.33. The van der Waals surface area contributed by atoms with Crippen LogP contribution in [0.15, 0.2) is 131 Å². The smallest absolute Gasteiger partial charge is 0.136 e. The zero-order valence-corrected chi connectivity index (χ0v) is 21.0. The number of hydrogen-bond acceptors (Lipinski definition) is 3. The first-order valence-electron chi connectivity index (χ1n) is 13.3. The number of fused-ring (bicyclic) bond motifs is 3. The van der Waals surface area contributed by atoms with Gasteiger partial charge in [-0.25, -0.2) is 0 Å². The van der Waals surface area contributed by atoms with Gasteiger partial charge in [-0.15, -0.1) is 0 Å². The quantitative estimate of drug-likeness (QED) is 0.258. The van der Waals surface area contributed by atoms with Crippen LogP contribution < -0.4 is 5.32 Å². The molecular weight excluding hydrogens is 476 g/mol. The fraction of sp³-hybridized carbons (Fsp3) is 0.0278. The molecule has 1 aliphatic carbocycles. The Morgan fingerprint density at radius 3 is 1.90 bits per heavy atom. The number of nitrogens with one attached hydrogen (secondary N) is 1. The minimum absolute atomic E-state index is 0.0680. The molecule has 0 radical (unpaired) electrons. The monoisotopic (exact) mass is 498 g/mol. The van der Waals surface area contributed by atoms with E-state index < -0.39 is 0 Å². The molecule has 0 saturated carbocycles. The van der Waals surface area contributed by atoms with Crippen LogP contribution in [0.1, 0.15) is 22.7 Å². The lowest BCUT2D eigenvalue weighted by atomic mass is 9.89. The second-order valence-corrected chi connectivity index (χ2v) is 10.4. The maximum Gasteiger partial charge on any atom is 0.136 e. The molecule has 0 fully saturated rings. The predicted molar refractivity (Wildman–Crippen MR) is 161 cm³/mol. The zero-order valence-electron chi connectivity index (χ0n) is 21.0. The molecule has 0 amide bonds. The molecule has 2 heterocycles. The lowest BCUT2D eigenvalue weighted by Crippen LogP contribution is -2.22. The van der Waals surface area contributed by atoms with Gasteiger partial charge in [-0.2, -0.15) is 0 Å². The summed E-state index contributed by atoms with van der Waals surface area (Å²) in [6.45, 7) is 0. The van der Waals surface area contributed by atoms with Crippen molar-refractivity contribution >= 4 is 44.2 Å². The fourth-order valence-electron chi connectivity index (χ4n) is 6.61. The summed E-state index contributed by atoms with van der Waals surface area (Å²) in [4.78, 5) is 5.34. The standard InChI is InChI=1S/C36H22N2O/c1-2-9-21(10-3-1)35-28-11-4-5-16-29(28)37-36(38-35)27-20-19-26-24-15-8-18-31-34(24)33-23(14-7-17-30(33)39-31)22-12-6-13-25(27)32(22)26/h1-20,35H,(H,37,38). The first-order chi connectivity index (χ1) is 19.3. The Hall–Kier alpha value is -5.15. The van der Waals surface area contributed by atoms with Gasteiger partial charge in [-0.05, 0) is 56.8 Å². The number of benzene rings is 6. The van der Waals surface area contributed by atoms with Gasteiger partial charge in [0, 0.05) is 27.6 Å². The van der Waals surface area contributed by atoms with Gasteiger partial charge in [0.2, 0.25) is 0 Å². The number of nitrogens with zero attached hydrogens (tertiary/aromatic N) is 1. The van der Waals surface area contributed by atoms with E-state index in [0.29, 0.717) is 0 Å². The molecule has 0 spiro atoms. The summed E-state index contributed by atoms with van der Waals surface area (Å²) in [5, 5.41) is 8.52. The number of anilines is 1. The highest BCUT2D eigenvalue weighted by Crippen LogP contribution is 2.49. The van der Waals surface area contributed by atoms with Gasteiger partial charge in [-0.3, -0.25) is 4.99 Å². The summed E-state index contributed by atoms with van der Waals surface area (Å²) < 4.78 is 6.30. The summed E-state index contributed by atoms with van der Waals surface area (Å²) >= 11 is 0. The Morgan fingerprint density at radius 2 is 1.13 bits per heavy atom. The van der Waals surface area contributed by atoms with Crippen molar-refractivity contribution in [3.05, 3.63) is 138 Å². The molecule has 39 heavy (non-hydrogen) atoms. The van der Waals surface area contributed by atoms with Crippen LogP contribution in [-0.2, 0) is 0 Å². The minimum atomic E-state index is -0.0680. The Morgan fingerprint density at radius 1 is 0.513 bits per heavy atom. The number of para-hydroxylation sites is 1. The minimum Gasteiger partial charge on any atom is -0.456 e. The maximum atomic E-state index is 6.30. The van der Waals surface area contributed by atoms with Crippen molar-refractivity contribution in [1.82, 2.24) is 0 Å². The number of amidine groups is 1. The number of rotatable bonds is 2. The molecule has 182 valence electrons. The molecule has 2 aliphatic rings. The van der Waals surface area contributed by atoms with E-state index in [2.05, 4.69) is 127 Å². The summed E-state index contributed by atoms with van der Waals surface area (Å²) in [6, 6.07) is 42.9. The van der Waals surface area contributed by atoms with Crippen molar-refractivity contribution in [2.24, 2.45) is 4.99 Å². The Labute approximate surface area is 225 Å². The second kappa shape index (κ2) is 7.68. The molecule has 1 N–H and O–H groups in total. The Kier molecular flexibility index (Phi) is 4.11. The highest BCUT2D eigenvalue weighted by molar-refractivity contribution is 6.28. The molecule has 1 unspecified atom stereocenters. The molecular formula is C36H22N2O. The van der Waals surface area contributed by atoms with Gasteiger partial charge in [0.15, 0.2) is 0 Å². The third-order valence-corrected chi connectivity index (χ3v) is 8.28. The first kappa shape index (κ1) is 20.9. The molecule has 1 atom stereocenters. The maximum absolute atomic E-state index is 6.30. The van der Waals surface area contributed by atoms with Crippen molar-refractivity contribution in [3.8, 4) is 22.3 Å². The summed E-state index contributed by atoms with van der Waals surface area (Å²) in [6.07, 6.45) is 0. The van der Waals surface area contributed by atoms with Crippen LogP contribution >= 0.6 is 0 Å². The largest absolute Gasteiger partial charge is 0.456 e. The molecule has 1 aromatic heterocycles. The van der Waals surface area contributed by atoms with Gasteiger partial charge < -0.3 is 9.73 Å². The molecule has 1 aliphatic heterocycles. The van der Waals surface area contributed by atoms with Crippen LogP contribution in [0.3, 0.4) is 0 Å². The van der Waals surface area contributed by atoms with Crippen LogP contribution in [-0.4, -0.2) is 5.84 Å². The van der Waals surface area contributed by atoms with Crippen LogP contribution in [0.25, 0.3) is 55.0 Å². The van der Waals surface area contributed by atoms with Gasteiger partial charge in [0.25, 0.3) is 0 Å². The topological polar surface area (TPSA) is 37.5 Å². The summed E-state index contributed by atoms with van der Waals surface area (Å²) in [5.41, 5.74) is 11.3. The molecule has 3 heteroatoms. The molecule has 6 aromatic carbocycles. The van der Waals surface area contributed by atoms with Crippen molar-refractivity contribution in [2.45, 2.75) is 6.04 Å². The van der Waals surface area contributed by atoms with Gasteiger partial charge in [0.1, 0.15) is 23.0 Å². The lowest BCUT2D eigenvalue weighted by Gasteiger charge is -2.27. The van der Waals surface area contributed by atoms with Crippen molar-refractivity contribution < 1.29 is 4.42 Å². The first-order valence-corrected chi connectivity index (χ1v) is 13.3. The van der Waals surface area contributed by atoms with E-state index in [4.69, 9.17) is 9.41 Å². The van der Waals surface area contributed by atoms with Crippen LogP contribution in [0.2, 0.25) is 0 Å². The van der Waals surface area contributed by atoms with E-state index in [-0.39, 0.29) is 6.04 Å². The molecule has 0 bridgehead atoms. The highest BCUT2D eigenvalue weighted by Gasteiger charge is 2.27. The number of hydrogen-bond donors (Lipinski definition) is 1. The van der Waals surface area contributed by atoms with E-state index in [1.807, 2.05) is 0 Å². The Bertz CT molecular complexity index is 2090. The third-order valence-electron chi connectivity index (χ3n) is 8.28. The molecule has 0 saturated heterocycles. The van der Waals surface area contributed by atoms with E-state index in [1.54, 1.807) is 0 Å². The van der Waals surface area contributed by atoms with E-state index in [9.17, 15) is 0 Å². The zero-order chi connectivity index (χ0) is 25.5. The lowest BCUT2D eigenvalue weighted by molar-refractivity contribution is 0.669. The van der Waals surface area contributed by atoms with E-state index in [0.717, 1.165) is 28.3 Å². The van der Waals surface area contributed by atoms with E-state index >= 15 is 0 Å². The summed E-state index contributed by atoms with van der Waals surface area (Å²) in [5.74, 6) is 0.897. The highest BCUT2D eigenvalue weighted by atomic mass is 16.3. The molecule has 3 nitrogen and oxygen atoms in total. The summed E-state index contributed by atoms with van der Waals surface area (Å²) in [7, 11) is 0. The van der Waals surface area contributed by atoms with Crippen molar-refractivity contribution in [1.29, 1.82) is 0 Å². The van der Waals surface area contributed by atoms with Crippen molar-refractivity contribution in [2.75, 3.05) is 5.32 Å². The Balaban J connectivity index is 1.34. The molecule has 9 rings (SSSR count). The fourth-order valence-corrected chi connectivity index (χ4v) is 6.61. The van der Waals surface area contributed by atoms with Gasteiger partial charge in [0.05, 0.1) is 0 Å². The second-order valence-electron chi connectivity index (χ2n) is 10.4. The normalized spacial score (nSPS) is 15.3. The molecule has 7 aromatic rings. The number of aliphatic imine (C=N–C) groups is 1. The van der Waals surface area contributed by atoms with Crippen LogP contribution in [0, 0.1) is 0 Å². The van der Waals surface area contributed by atoms with Crippen LogP contribution in [0.4, 0.5) is 5.69 Å². The van der Waals surface area contributed by atoms with Crippen molar-refractivity contribution in [3.63, 3.8) is 0 Å².